The fraction of sp³-hybridized carbons (Fsp3) is 0.500. The van der Waals surface area contributed by atoms with Gasteiger partial charge in [0.1, 0.15) is 10.7 Å². The zero-order chi connectivity index (χ0) is 13.4. The van der Waals surface area contributed by atoms with Gasteiger partial charge in [0.05, 0.1) is 18.4 Å². The highest BCUT2D eigenvalue weighted by Crippen LogP contribution is 2.25. The Balaban J connectivity index is 1.85. The lowest BCUT2D eigenvalue weighted by Gasteiger charge is -2.31. The van der Waals surface area contributed by atoms with Gasteiger partial charge in [0.2, 0.25) is 5.91 Å². The highest BCUT2D eigenvalue weighted by molar-refractivity contribution is 6.29. The standard InChI is InChI=1S/C12H14ClN5O/c1-8(19)17-4-2-9(3-5-17)18-12-10(6-15-18)14-7-11(13)16-12/h6-7,9H,2-5H2,1H3. The van der Waals surface area contributed by atoms with Crippen LogP contribution in [0.3, 0.4) is 0 Å². The van der Waals surface area contributed by atoms with Crippen molar-refractivity contribution in [3.05, 3.63) is 17.5 Å². The molecule has 0 unspecified atom stereocenters. The molecule has 1 fully saturated rings. The first-order chi connectivity index (χ1) is 9.15. The Labute approximate surface area is 115 Å². The predicted octanol–water partition coefficient (Wildman–Crippen LogP) is 1.66. The highest BCUT2D eigenvalue weighted by atomic mass is 35.5. The van der Waals surface area contributed by atoms with Crippen molar-refractivity contribution in [1.82, 2.24) is 24.6 Å². The number of piperidine rings is 1. The van der Waals surface area contributed by atoms with Gasteiger partial charge in [-0.25, -0.2) is 14.6 Å². The predicted molar refractivity (Wildman–Crippen MR) is 70.9 cm³/mol. The molecule has 0 aromatic carbocycles. The first kappa shape index (κ1) is 12.3. The van der Waals surface area contributed by atoms with Crippen molar-refractivity contribution < 1.29 is 4.79 Å². The molecule has 0 aliphatic carbocycles. The Hall–Kier alpha value is -1.69. The van der Waals surface area contributed by atoms with Crippen LogP contribution < -0.4 is 0 Å². The minimum atomic E-state index is 0.131. The second-order valence-corrected chi connectivity index (χ2v) is 5.12. The van der Waals surface area contributed by atoms with E-state index >= 15 is 0 Å². The van der Waals surface area contributed by atoms with Crippen LogP contribution in [0.4, 0.5) is 0 Å². The number of fused-ring (bicyclic) bond motifs is 1. The molecule has 6 nitrogen and oxygen atoms in total. The lowest BCUT2D eigenvalue weighted by molar-refractivity contribution is -0.130. The summed E-state index contributed by atoms with van der Waals surface area (Å²) in [6.07, 6.45) is 4.99. The molecule has 1 saturated heterocycles. The third-order valence-corrected chi connectivity index (χ3v) is 3.71. The van der Waals surface area contributed by atoms with Gasteiger partial charge in [0, 0.05) is 20.0 Å². The Kier molecular flexibility index (Phi) is 3.10. The summed E-state index contributed by atoms with van der Waals surface area (Å²) in [6, 6.07) is 0.251. The van der Waals surface area contributed by atoms with Crippen molar-refractivity contribution in [2.75, 3.05) is 13.1 Å². The minimum absolute atomic E-state index is 0.131. The molecule has 1 aliphatic heterocycles. The van der Waals surface area contributed by atoms with E-state index in [9.17, 15) is 4.79 Å². The van der Waals surface area contributed by atoms with Gasteiger partial charge >= 0.3 is 0 Å². The molecule has 0 atom stereocenters. The van der Waals surface area contributed by atoms with Crippen LogP contribution in [0.15, 0.2) is 12.4 Å². The molecule has 0 bridgehead atoms. The SMILES string of the molecule is CC(=O)N1CCC(n2ncc3ncc(Cl)nc32)CC1. The third-order valence-electron chi connectivity index (χ3n) is 3.53. The van der Waals surface area contributed by atoms with Gasteiger partial charge in [0.15, 0.2) is 5.65 Å². The van der Waals surface area contributed by atoms with E-state index in [1.54, 1.807) is 13.1 Å². The molecule has 7 heteroatoms. The van der Waals surface area contributed by atoms with Crippen molar-refractivity contribution in [1.29, 1.82) is 0 Å². The Morgan fingerprint density at radius 3 is 2.79 bits per heavy atom. The lowest BCUT2D eigenvalue weighted by Crippen LogP contribution is -2.37. The maximum absolute atomic E-state index is 11.3. The molecule has 0 saturated carbocycles. The quantitative estimate of drug-likeness (QED) is 0.796. The van der Waals surface area contributed by atoms with Gasteiger partial charge in [-0.1, -0.05) is 11.6 Å². The van der Waals surface area contributed by atoms with Gasteiger partial charge in [-0.15, -0.1) is 0 Å². The fourth-order valence-electron chi connectivity index (χ4n) is 2.49. The summed E-state index contributed by atoms with van der Waals surface area (Å²) < 4.78 is 1.88. The van der Waals surface area contributed by atoms with Gasteiger partial charge in [0.25, 0.3) is 0 Å². The van der Waals surface area contributed by atoms with E-state index in [1.165, 1.54) is 6.20 Å². The molecule has 100 valence electrons. The number of amides is 1. The summed E-state index contributed by atoms with van der Waals surface area (Å²) in [7, 11) is 0. The zero-order valence-corrected chi connectivity index (χ0v) is 11.3. The van der Waals surface area contributed by atoms with Crippen molar-refractivity contribution in [3.8, 4) is 0 Å². The van der Waals surface area contributed by atoms with E-state index in [0.717, 1.165) is 31.4 Å². The van der Waals surface area contributed by atoms with Crippen molar-refractivity contribution in [2.24, 2.45) is 0 Å². The number of hydrogen-bond acceptors (Lipinski definition) is 4. The molecule has 19 heavy (non-hydrogen) atoms. The van der Waals surface area contributed by atoms with Crippen molar-refractivity contribution in [2.45, 2.75) is 25.8 Å². The Morgan fingerprint density at radius 1 is 1.37 bits per heavy atom. The number of rotatable bonds is 1. The van der Waals surface area contributed by atoms with Crippen molar-refractivity contribution >= 4 is 28.7 Å². The van der Waals surface area contributed by atoms with E-state index in [-0.39, 0.29) is 11.9 Å². The molecule has 0 radical (unpaired) electrons. The molecule has 0 spiro atoms. The van der Waals surface area contributed by atoms with Crippen LogP contribution in [-0.2, 0) is 4.79 Å². The Morgan fingerprint density at radius 2 is 2.11 bits per heavy atom. The number of aromatic nitrogens is 4. The third kappa shape index (κ3) is 2.28. The first-order valence-electron chi connectivity index (χ1n) is 6.26. The molecule has 3 heterocycles. The van der Waals surface area contributed by atoms with E-state index in [1.807, 2.05) is 9.58 Å². The van der Waals surface area contributed by atoms with E-state index in [2.05, 4.69) is 15.1 Å². The maximum Gasteiger partial charge on any atom is 0.219 e. The highest BCUT2D eigenvalue weighted by Gasteiger charge is 2.24. The number of halogens is 1. The van der Waals surface area contributed by atoms with Crippen LogP contribution >= 0.6 is 11.6 Å². The minimum Gasteiger partial charge on any atom is -0.343 e. The van der Waals surface area contributed by atoms with Crippen molar-refractivity contribution in [3.63, 3.8) is 0 Å². The second kappa shape index (κ2) is 4.77. The van der Waals surface area contributed by atoms with Gasteiger partial charge in [-0.3, -0.25) is 4.79 Å². The largest absolute Gasteiger partial charge is 0.343 e. The summed E-state index contributed by atoms with van der Waals surface area (Å²) in [5.74, 6) is 0.131. The maximum atomic E-state index is 11.3. The number of carbonyl (C=O) groups is 1. The number of carbonyl (C=O) groups excluding carboxylic acids is 1. The summed E-state index contributed by atoms with van der Waals surface area (Å²) in [4.78, 5) is 21.7. The number of nitrogens with zero attached hydrogens (tertiary/aromatic N) is 5. The Bertz CT molecular complexity index is 618. The fourth-order valence-corrected chi connectivity index (χ4v) is 2.62. The molecule has 1 amide bonds. The van der Waals surface area contributed by atoms with Crippen LogP contribution in [-0.4, -0.2) is 43.6 Å². The van der Waals surface area contributed by atoms with Crippen LogP contribution in [0.1, 0.15) is 25.8 Å². The zero-order valence-electron chi connectivity index (χ0n) is 10.6. The summed E-state index contributed by atoms with van der Waals surface area (Å²) in [5, 5.41) is 4.73. The van der Waals surface area contributed by atoms with Crippen LogP contribution in [0.25, 0.3) is 11.2 Å². The molecule has 2 aromatic rings. The molecular formula is C12H14ClN5O. The van der Waals surface area contributed by atoms with Gasteiger partial charge in [-0.05, 0) is 12.8 Å². The van der Waals surface area contributed by atoms with E-state index < -0.39 is 0 Å². The molecule has 3 rings (SSSR count). The molecule has 0 N–H and O–H groups in total. The van der Waals surface area contributed by atoms with Gasteiger partial charge < -0.3 is 4.90 Å². The van der Waals surface area contributed by atoms with Crippen LogP contribution in [0.5, 0.6) is 0 Å². The van der Waals surface area contributed by atoms with Crippen LogP contribution in [0.2, 0.25) is 5.15 Å². The average Bonchev–Trinajstić information content (AvgIpc) is 2.81. The number of hydrogen-bond donors (Lipinski definition) is 0. The second-order valence-electron chi connectivity index (χ2n) is 4.73. The summed E-state index contributed by atoms with van der Waals surface area (Å²) in [5.41, 5.74) is 1.46. The smallest absolute Gasteiger partial charge is 0.219 e. The summed E-state index contributed by atoms with van der Waals surface area (Å²) >= 11 is 5.88. The molecule has 2 aromatic heterocycles. The monoisotopic (exact) mass is 279 g/mol. The molecule has 1 aliphatic rings. The van der Waals surface area contributed by atoms with E-state index in [4.69, 9.17) is 11.6 Å². The number of likely N-dealkylation sites (tertiary alicyclic amines) is 1. The average molecular weight is 280 g/mol. The van der Waals surface area contributed by atoms with Gasteiger partial charge in [-0.2, -0.15) is 5.10 Å². The molecular weight excluding hydrogens is 266 g/mol. The summed E-state index contributed by atoms with van der Waals surface area (Å²) in [6.45, 7) is 3.12. The topological polar surface area (TPSA) is 63.9 Å². The van der Waals surface area contributed by atoms with Crippen LogP contribution in [0, 0.1) is 0 Å². The first-order valence-corrected chi connectivity index (χ1v) is 6.64. The normalized spacial score (nSPS) is 17.1. The van der Waals surface area contributed by atoms with E-state index in [0.29, 0.717) is 10.8 Å². The lowest BCUT2D eigenvalue weighted by atomic mass is 10.1.